The number of rotatable bonds is 2. The van der Waals surface area contributed by atoms with Crippen LogP contribution < -0.4 is 5.32 Å². The van der Waals surface area contributed by atoms with Crippen molar-refractivity contribution < 1.29 is 0 Å². The van der Waals surface area contributed by atoms with E-state index in [2.05, 4.69) is 25.4 Å². The first-order valence-electron chi connectivity index (χ1n) is 6.71. The van der Waals surface area contributed by atoms with E-state index in [1.165, 1.54) is 37.3 Å². The Kier molecular flexibility index (Phi) is 5.10. The lowest BCUT2D eigenvalue weighted by Gasteiger charge is -2.30. The Bertz CT molecular complexity index is 261. The minimum absolute atomic E-state index is 0.575. The molecule has 17 heavy (non-hydrogen) atoms. The molecule has 1 heterocycles. The van der Waals surface area contributed by atoms with Crippen LogP contribution in [0.25, 0.3) is 0 Å². The van der Waals surface area contributed by atoms with Gasteiger partial charge in [-0.3, -0.25) is 4.99 Å². The van der Waals surface area contributed by atoms with Gasteiger partial charge in [0.1, 0.15) is 0 Å². The van der Waals surface area contributed by atoms with Crippen molar-refractivity contribution in [3.63, 3.8) is 0 Å². The molecule has 1 aliphatic heterocycles. The van der Waals surface area contributed by atoms with Crippen LogP contribution in [0, 0.1) is 0 Å². The van der Waals surface area contributed by atoms with Crippen LogP contribution in [0.15, 0.2) is 4.99 Å². The Labute approximate surface area is 114 Å². The summed E-state index contributed by atoms with van der Waals surface area (Å²) in [5, 5.41) is 6.33. The molecule has 0 spiro atoms. The number of nitrogens with one attached hydrogen (secondary N) is 1. The molecule has 2 aliphatic rings. The molecule has 1 saturated carbocycles. The standard InChI is InChI=1S/C13H24N2S2/c1-9-8-10(2)17-13(14-9)15-11-4-6-12(16-3)7-5-11/h9-12H,4-8H2,1-3H3,(H,14,15). The van der Waals surface area contributed by atoms with Gasteiger partial charge in [0.15, 0.2) is 5.17 Å². The molecule has 0 aromatic carbocycles. The molecule has 0 aromatic rings. The first kappa shape index (κ1) is 13.6. The molecule has 0 radical (unpaired) electrons. The summed E-state index contributed by atoms with van der Waals surface area (Å²) in [6.45, 7) is 4.57. The lowest BCUT2D eigenvalue weighted by molar-refractivity contribution is 0.451. The second-order valence-corrected chi connectivity index (χ2v) is 7.88. The van der Waals surface area contributed by atoms with Crippen molar-refractivity contribution in [2.45, 2.75) is 68.5 Å². The zero-order valence-electron chi connectivity index (χ0n) is 11.1. The maximum Gasteiger partial charge on any atom is 0.157 e. The summed E-state index contributed by atoms with van der Waals surface area (Å²) in [5.41, 5.74) is 0. The molecule has 2 unspecified atom stereocenters. The van der Waals surface area contributed by atoms with Crippen LogP contribution in [0.4, 0.5) is 0 Å². The van der Waals surface area contributed by atoms with E-state index in [4.69, 9.17) is 4.99 Å². The Balaban J connectivity index is 1.87. The zero-order valence-corrected chi connectivity index (χ0v) is 12.7. The fourth-order valence-electron chi connectivity index (χ4n) is 2.68. The molecule has 1 saturated heterocycles. The van der Waals surface area contributed by atoms with Crippen LogP contribution in [0.1, 0.15) is 46.0 Å². The summed E-state index contributed by atoms with van der Waals surface area (Å²) in [6.07, 6.45) is 8.73. The lowest BCUT2D eigenvalue weighted by atomic mass is 9.95. The quantitative estimate of drug-likeness (QED) is 0.832. The van der Waals surface area contributed by atoms with Crippen molar-refractivity contribution in [3.8, 4) is 0 Å². The molecule has 0 bridgehead atoms. The number of hydrogen-bond donors (Lipinski definition) is 1. The van der Waals surface area contributed by atoms with E-state index < -0.39 is 0 Å². The van der Waals surface area contributed by atoms with E-state index >= 15 is 0 Å². The van der Waals surface area contributed by atoms with Gasteiger partial charge in [-0.25, -0.2) is 0 Å². The van der Waals surface area contributed by atoms with Crippen molar-refractivity contribution >= 4 is 28.7 Å². The van der Waals surface area contributed by atoms with Gasteiger partial charge in [-0.1, -0.05) is 18.7 Å². The van der Waals surface area contributed by atoms with Crippen molar-refractivity contribution in [1.29, 1.82) is 0 Å². The maximum atomic E-state index is 4.92. The van der Waals surface area contributed by atoms with E-state index in [9.17, 15) is 0 Å². The molecule has 0 aromatic heterocycles. The highest BCUT2D eigenvalue weighted by Gasteiger charge is 2.23. The third kappa shape index (κ3) is 4.09. The molecule has 1 aliphatic carbocycles. The summed E-state index contributed by atoms with van der Waals surface area (Å²) in [4.78, 5) is 4.92. The van der Waals surface area contributed by atoms with Crippen LogP contribution in [-0.4, -0.2) is 34.0 Å². The number of hydrogen-bond acceptors (Lipinski definition) is 3. The van der Waals surface area contributed by atoms with E-state index in [0.717, 1.165) is 5.25 Å². The number of thioether (sulfide) groups is 2. The average Bonchev–Trinajstić information content (AvgIpc) is 2.28. The lowest BCUT2D eigenvalue weighted by Crippen LogP contribution is -2.39. The van der Waals surface area contributed by atoms with Gasteiger partial charge in [0.25, 0.3) is 0 Å². The fraction of sp³-hybridized carbons (Fsp3) is 0.923. The highest BCUT2D eigenvalue weighted by Crippen LogP contribution is 2.30. The van der Waals surface area contributed by atoms with Crippen molar-refractivity contribution in [1.82, 2.24) is 5.32 Å². The van der Waals surface area contributed by atoms with Gasteiger partial charge in [-0.2, -0.15) is 11.8 Å². The second-order valence-electron chi connectivity index (χ2n) is 5.31. The van der Waals surface area contributed by atoms with E-state index in [1.807, 2.05) is 23.5 Å². The normalized spacial score (nSPS) is 41.2. The smallest absolute Gasteiger partial charge is 0.157 e. The molecular weight excluding hydrogens is 248 g/mol. The third-order valence-corrected chi connectivity index (χ3v) is 5.82. The highest BCUT2D eigenvalue weighted by molar-refractivity contribution is 8.14. The summed E-state index contributed by atoms with van der Waals surface area (Å²) < 4.78 is 0. The van der Waals surface area contributed by atoms with Crippen LogP contribution in [0.2, 0.25) is 0 Å². The molecular formula is C13H24N2S2. The molecule has 2 nitrogen and oxygen atoms in total. The van der Waals surface area contributed by atoms with Gasteiger partial charge in [0, 0.05) is 16.5 Å². The largest absolute Gasteiger partial charge is 0.362 e. The van der Waals surface area contributed by atoms with Crippen LogP contribution in [0.5, 0.6) is 0 Å². The average molecular weight is 272 g/mol. The minimum Gasteiger partial charge on any atom is -0.362 e. The van der Waals surface area contributed by atoms with Crippen LogP contribution in [-0.2, 0) is 0 Å². The Morgan fingerprint density at radius 2 is 1.94 bits per heavy atom. The summed E-state index contributed by atoms with van der Waals surface area (Å²) in [5.74, 6) is 0. The Morgan fingerprint density at radius 1 is 1.24 bits per heavy atom. The van der Waals surface area contributed by atoms with E-state index in [-0.39, 0.29) is 0 Å². The highest BCUT2D eigenvalue weighted by atomic mass is 32.2. The second kappa shape index (κ2) is 6.37. The summed E-state index contributed by atoms with van der Waals surface area (Å²) in [6, 6.07) is 1.17. The SMILES string of the molecule is CSC1CCC(N=C2NC(C)CC(C)S2)CC1. The van der Waals surface area contributed by atoms with Gasteiger partial charge < -0.3 is 5.32 Å². The number of amidine groups is 1. The summed E-state index contributed by atoms with van der Waals surface area (Å²) in [7, 11) is 0. The third-order valence-electron chi connectivity index (χ3n) is 3.65. The topological polar surface area (TPSA) is 24.4 Å². The molecule has 0 amide bonds. The molecule has 2 fully saturated rings. The van der Waals surface area contributed by atoms with Crippen LogP contribution in [0.3, 0.4) is 0 Å². The Morgan fingerprint density at radius 3 is 2.53 bits per heavy atom. The first-order chi connectivity index (χ1) is 8.17. The molecule has 2 atom stereocenters. The van der Waals surface area contributed by atoms with Crippen molar-refractivity contribution in [3.05, 3.63) is 0 Å². The van der Waals surface area contributed by atoms with Crippen molar-refractivity contribution in [2.24, 2.45) is 4.99 Å². The fourth-order valence-corrected chi connectivity index (χ4v) is 4.67. The van der Waals surface area contributed by atoms with Gasteiger partial charge in [0.05, 0.1) is 6.04 Å². The van der Waals surface area contributed by atoms with Gasteiger partial charge in [-0.05, 0) is 45.3 Å². The Hall–Kier alpha value is 0.170. The molecule has 98 valence electrons. The maximum absolute atomic E-state index is 4.92. The van der Waals surface area contributed by atoms with Crippen LogP contribution >= 0.6 is 23.5 Å². The molecule has 4 heteroatoms. The first-order valence-corrected chi connectivity index (χ1v) is 8.88. The van der Waals surface area contributed by atoms with E-state index in [1.54, 1.807) is 0 Å². The monoisotopic (exact) mass is 272 g/mol. The number of aliphatic imine (C=N–C) groups is 1. The molecule has 1 N–H and O–H groups in total. The number of nitrogens with zero attached hydrogens (tertiary/aromatic N) is 1. The van der Waals surface area contributed by atoms with Gasteiger partial charge >= 0.3 is 0 Å². The predicted octanol–water partition coefficient (Wildman–Crippen LogP) is 3.52. The predicted molar refractivity (Wildman–Crippen MR) is 81.3 cm³/mol. The minimum atomic E-state index is 0.575. The van der Waals surface area contributed by atoms with Gasteiger partial charge in [-0.15, -0.1) is 0 Å². The zero-order chi connectivity index (χ0) is 12.3. The van der Waals surface area contributed by atoms with E-state index in [0.29, 0.717) is 17.3 Å². The molecule has 2 rings (SSSR count). The van der Waals surface area contributed by atoms with Gasteiger partial charge in [0.2, 0.25) is 0 Å². The summed E-state index contributed by atoms with van der Waals surface area (Å²) >= 11 is 3.95. The van der Waals surface area contributed by atoms with Crippen molar-refractivity contribution in [2.75, 3.05) is 6.26 Å².